The lowest BCUT2D eigenvalue weighted by Crippen LogP contribution is -2.45. The standard InChI is InChI=1S/C15H24N2O2.2ClH/c1-3-5-13(17-10-8-16-9-11-17)12-6-4-7-14(19-2)15(12)18;;/h4,6-7,13,16,18H,3,5,8-11H2,1-2H3;2*1H/t13-;;/m1../s1. The molecule has 2 N–H and O–H groups in total. The molecule has 2 rings (SSSR count). The van der Waals surface area contributed by atoms with Gasteiger partial charge in [-0.05, 0) is 12.5 Å². The summed E-state index contributed by atoms with van der Waals surface area (Å²) in [4.78, 5) is 2.45. The van der Waals surface area contributed by atoms with Crippen LogP contribution in [0.3, 0.4) is 0 Å². The maximum Gasteiger partial charge on any atom is 0.162 e. The van der Waals surface area contributed by atoms with Gasteiger partial charge >= 0.3 is 0 Å². The Morgan fingerprint density at radius 2 is 1.95 bits per heavy atom. The molecule has 6 heteroatoms. The van der Waals surface area contributed by atoms with Crippen LogP contribution in [0.25, 0.3) is 0 Å². The number of nitrogens with zero attached hydrogens (tertiary/aromatic N) is 1. The molecule has 0 spiro atoms. The molecule has 1 fully saturated rings. The highest BCUT2D eigenvalue weighted by molar-refractivity contribution is 5.85. The number of hydrogen-bond donors (Lipinski definition) is 2. The summed E-state index contributed by atoms with van der Waals surface area (Å²) in [5.41, 5.74) is 0.989. The number of phenolic OH excluding ortho intramolecular Hbond substituents is 1. The summed E-state index contributed by atoms with van der Waals surface area (Å²) in [7, 11) is 1.60. The van der Waals surface area contributed by atoms with Gasteiger partial charge in [0.2, 0.25) is 0 Å². The molecule has 1 atom stereocenters. The van der Waals surface area contributed by atoms with Crippen molar-refractivity contribution in [3.8, 4) is 11.5 Å². The Kier molecular flexibility index (Phi) is 9.79. The molecule has 4 nitrogen and oxygen atoms in total. The SMILES string of the molecule is CCC[C@H](c1cccc(OC)c1O)N1CCNCC1.Cl.Cl. The number of hydrogen-bond acceptors (Lipinski definition) is 4. The van der Waals surface area contributed by atoms with E-state index >= 15 is 0 Å². The lowest BCUT2D eigenvalue weighted by atomic mass is 9.98. The fourth-order valence-corrected chi connectivity index (χ4v) is 2.77. The van der Waals surface area contributed by atoms with Crippen LogP contribution in [0.1, 0.15) is 31.4 Å². The normalized spacial score (nSPS) is 16.5. The third-order valence-electron chi connectivity index (χ3n) is 3.76. The molecule has 21 heavy (non-hydrogen) atoms. The Morgan fingerprint density at radius 1 is 1.29 bits per heavy atom. The molecule has 0 radical (unpaired) electrons. The topological polar surface area (TPSA) is 44.7 Å². The molecule has 1 aliphatic heterocycles. The average Bonchev–Trinajstić information content (AvgIpc) is 2.46. The Bertz CT molecular complexity index is 413. The first-order chi connectivity index (χ1) is 9.27. The van der Waals surface area contributed by atoms with Crippen molar-refractivity contribution in [1.29, 1.82) is 0 Å². The molecule has 0 saturated carbocycles. The molecule has 0 aromatic heterocycles. The van der Waals surface area contributed by atoms with Gasteiger partial charge in [-0.3, -0.25) is 4.90 Å². The van der Waals surface area contributed by atoms with E-state index in [0.29, 0.717) is 11.5 Å². The number of rotatable bonds is 5. The molecule has 1 aromatic rings. The monoisotopic (exact) mass is 336 g/mol. The third kappa shape index (κ3) is 4.92. The summed E-state index contributed by atoms with van der Waals surface area (Å²) in [5.74, 6) is 0.857. The largest absolute Gasteiger partial charge is 0.504 e. The minimum atomic E-state index is 0. The Balaban J connectivity index is 0.00000200. The van der Waals surface area contributed by atoms with Crippen molar-refractivity contribution in [1.82, 2.24) is 10.2 Å². The number of nitrogens with one attached hydrogen (secondary N) is 1. The van der Waals surface area contributed by atoms with Gasteiger partial charge in [0.25, 0.3) is 0 Å². The molecular formula is C15H26Cl2N2O2. The van der Waals surface area contributed by atoms with E-state index in [1.54, 1.807) is 13.2 Å². The van der Waals surface area contributed by atoms with Crippen LogP contribution in [0.5, 0.6) is 11.5 Å². The molecule has 1 aromatic carbocycles. The van der Waals surface area contributed by atoms with Gasteiger partial charge in [-0.2, -0.15) is 0 Å². The van der Waals surface area contributed by atoms with Crippen LogP contribution in [-0.4, -0.2) is 43.3 Å². The summed E-state index contributed by atoms with van der Waals surface area (Å²) in [5, 5.41) is 13.7. The molecule has 122 valence electrons. The second-order valence-corrected chi connectivity index (χ2v) is 4.99. The van der Waals surface area contributed by atoms with Crippen molar-refractivity contribution in [2.45, 2.75) is 25.8 Å². The van der Waals surface area contributed by atoms with E-state index in [9.17, 15) is 5.11 Å². The highest BCUT2D eigenvalue weighted by atomic mass is 35.5. The van der Waals surface area contributed by atoms with Gasteiger partial charge in [-0.15, -0.1) is 24.8 Å². The minimum Gasteiger partial charge on any atom is -0.504 e. The number of benzene rings is 1. The van der Waals surface area contributed by atoms with Crippen LogP contribution in [0.4, 0.5) is 0 Å². The fraction of sp³-hybridized carbons (Fsp3) is 0.600. The zero-order valence-corrected chi connectivity index (χ0v) is 14.3. The Morgan fingerprint density at radius 3 is 2.52 bits per heavy atom. The van der Waals surface area contributed by atoms with Crippen LogP contribution >= 0.6 is 24.8 Å². The van der Waals surface area contributed by atoms with Crippen LogP contribution in [0, 0.1) is 0 Å². The number of methoxy groups -OCH3 is 1. The second-order valence-electron chi connectivity index (χ2n) is 4.99. The summed E-state index contributed by atoms with van der Waals surface area (Å²) in [6.07, 6.45) is 2.16. The highest BCUT2D eigenvalue weighted by Crippen LogP contribution is 2.37. The highest BCUT2D eigenvalue weighted by Gasteiger charge is 2.24. The molecule has 1 saturated heterocycles. The molecule has 1 heterocycles. The summed E-state index contributed by atoms with van der Waals surface area (Å²) < 4.78 is 5.22. The molecule has 0 amide bonds. The van der Waals surface area contributed by atoms with E-state index in [2.05, 4.69) is 17.1 Å². The first-order valence-corrected chi connectivity index (χ1v) is 7.08. The van der Waals surface area contributed by atoms with E-state index < -0.39 is 0 Å². The second kappa shape index (κ2) is 10.1. The van der Waals surface area contributed by atoms with E-state index in [-0.39, 0.29) is 30.9 Å². The van der Waals surface area contributed by atoms with Crippen LogP contribution < -0.4 is 10.1 Å². The van der Waals surface area contributed by atoms with Gasteiger partial charge in [0.05, 0.1) is 7.11 Å². The van der Waals surface area contributed by atoms with Crippen LogP contribution in [-0.2, 0) is 0 Å². The van der Waals surface area contributed by atoms with Crippen molar-refractivity contribution in [2.24, 2.45) is 0 Å². The molecule has 0 unspecified atom stereocenters. The summed E-state index contributed by atoms with van der Waals surface area (Å²) >= 11 is 0. The van der Waals surface area contributed by atoms with Crippen molar-refractivity contribution in [3.63, 3.8) is 0 Å². The smallest absolute Gasteiger partial charge is 0.162 e. The van der Waals surface area contributed by atoms with E-state index in [4.69, 9.17) is 4.74 Å². The van der Waals surface area contributed by atoms with Crippen molar-refractivity contribution < 1.29 is 9.84 Å². The maximum atomic E-state index is 10.3. The van der Waals surface area contributed by atoms with Gasteiger partial charge in [-0.1, -0.05) is 25.5 Å². The molecule has 1 aliphatic rings. The van der Waals surface area contributed by atoms with Crippen molar-refractivity contribution >= 4 is 24.8 Å². The van der Waals surface area contributed by atoms with Gasteiger partial charge in [0.15, 0.2) is 11.5 Å². The maximum absolute atomic E-state index is 10.3. The van der Waals surface area contributed by atoms with Gasteiger partial charge < -0.3 is 15.2 Å². The number of piperazine rings is 1. The average molecular weight is 337 g/mol. The lowest BCUT2D eigenvalue weighted by Gasteiger charge is -2.35. The van der Waals surface area contributed by atoms with Crippen molar-refractivity contribution in [3.05, 3.63) is 23.8 Å². The van der Waals surface area contributed by atoms with Gasteiger partial charge in [-0.25, -0.2) is 0 Å². The molecular weight excluding hydrogens is 311 g/mol. The lowest BCUT2D eigenvalue weighted by molar-refractivity contribution is 0.161. The number of para-hydroxylation sites is 1. The number of aromatic hydroxyl groups is 1. The quantitative estimate of drug-likeness (QED) is 0.867. The number of halogens is 2. The zero-order chi connectivity index (χ0) is 13.7. The Labute approximate surface area is 139 Å². The van der Waals surface area contributed by atoms with E-state index in [1.807, 2.05) is 12.1 Å². The van der Waals surface area contributed by atoms with Crippen LogP contribution in [0.15, 0.2) is 18.2 Å². The molecule has 0 bridgehead atoms. The van der Waals surface area contributed by atoms with Crippen molar-refractivity contribution in [2.75, 3.05) is 33.3 Å². The zero-order valence-electron chi connectivity index (χ0n) is 12.7. The van der Waals surface area contributed by atoms with Crippen LogP contribution in [0.2, 0.25) is 0 Å². The first kappa shape index (κ1) is 20.3. The summed E-state index contributed by atoms with van der Waals surface area (Å²) in [6.45, 7) is 6.28. The fourth-order valence-electron chi connectivity index (χ4n) is 2.77. The molecule has 0 aliphatic carbocycles. The van der Waals surface area contributed by atoms with E-state index in [0.717, 1.165) is 44.6 Å². The Hall–Kier alpha value is -0.680. The minimum absolute atomic E-state index is 0. The summed E-state index contributed by atoms with van der Waals surface area (Å²) in [6, 6.07) is 6.06. The first-order valence-electron chi connectivity index (χ1n) is 7.08. The number of phenols is 1. The number of ether oxygens (including phenoxy) is 1. The predicted octanol–water partition coefficient (Wildman–Crippen LogP) is 2.99. The van der Waals surface area contributed by atoms with E-state index in [1.165, 1.54) is 0 Å². The van der Waals surface area contributed by atoms with Gasteiger partial charge in [0, 0.05) is 37.8 Å². The predicted molar refractivity (Wildman–Crippen MR) is 91.2 cm³/mol. The van der Waals surface area contributed by atoms with Gasteiger partial charge in [0.1, 0.15) is 0 Å². The third-order valence-corrected chi connectivity index (χ3v) is 3.76.